The zero-order chi connectivity index (χ0) is 15.7. The Morgan fingerprint density at radius 1 is 1.33 bits per heavy atom. The molecule has 0 aliphatic rings. The lowest BCUT2D eigenvalue weighted by Crippen LogP contribution is -2.26. The zero-order valence-electron chi connectivity index (χ0n) is 11.8. The molecule has 10 heteroatoms. The van der Waals surface area contributed by atoms with Crippen molar-refractivity contribution in [1.82, 2.24) is 9.71 Å². The average Bonchev–Trinajstić information content (AvgIpc) is 2.95. The summed E-state index contributed by atoms with van der Waals surface area (Å²) in [4.78, 5) is 15.1. The standard InChI is InChI=1S/C11H18N2O6S2/c1-17-6-7-19-5-3-4-13-21(15,16)11-9(10(14)18-2)12-8-20-11/h8,13H,3-7H2,1-2H3. The molecule has 0 spiro atoms. The van der Waals surface area contributed by atoms with Crippen LogP contribution in [-0.2, 0) is 24.2 Å². The van der Waals surface area contributed by atoms with Crippen molar-refractivity contribution in [2.24, 2.45) is 0 Å². The summed E-state index contributed by atoms with van der Waals surface area (Å²) in [7, 11) is -1.03. The number of ether oxygens (including phenoxy) is 3. The Bertz CT molecular complexity index is 543. The summed E-state index contributed by atoms with van der Waals surface area (Å²) in [6.45, 7) is 1.58. The Labute approximate surface area is 127 Å². The molecule has 0 bridgehead atoms. The van der Waals surface area contributed by atoms with Crippen LogP contribution in [0, 0.1) is 0 Å². The molecule has 1 rings (SSSR count). The lowest BCUT2D eigenvalue weighted by molar-refractivity contribution is 0.0590. The average molecular weight is 338 g/mol. The summed E-state index contributed by atoms with van der Waals surface area (Å²) >= 11 is 0.865. The molecule has 1 N–H and O–H groups in total. The van der Waals surface area contributed by atoms with Gasteiger partial charge >= 0.3 is 5.97 Å². The van der Waals surface area contributed by atoms with E-state index in [1.165, 1.54) is 12.6 Å². The Kier molecular flexibility index (Phi) is 7.75. The van der Waals surface area contributed by atoms with Crippen LogP contribution in [0.1, 0.15) is 16.9 Å². The van der Waals surface area contributed by atoms with Crippen LogP contribution in [0.4, 0.5) is 0 Å². The molecule has 0 radical (unpaired) electrons. The van der Waals surface area contributed by atoms with Crippen molar-refractivity contribution >= 4 is 27.3 Å². The van der Waals surface area contributed by atoms with Gasteiger partial charge < -0.3 is 14.2 Å². The first kappa shape index (κ1) is 18.0. The number of hydrogen-bond donors (Lipinski definition) is 1. The number of sulfonamides is 1. The second-order valence-electron chi connectivity index (χ2n) is 3.84. The Morgan fingerprint density at radius 2 is 2.10 bits per heavy atom. The molecule has 0 fully saturated rings. The van der Waals surface area contributed by atoms with Gasteiger partial charge in [-0.25, -0.2) is 22.9 Å². The van der Waals surface area contributed by atoms with Crippen LogP contribution < -0.4 is 4.72 Å². The third-order valence-corrected chi connectivity index (χ3v) is 5.18. The minimum Gasteiger partial charge on any atom is -0.464 e. The van der Waals surface area contributed by atoms with Crippen LogP contribution in [0.3, 0.4) is 0 Å². The van der Waals surface area contributed by atoms with Gasteiger partial charge in [0.05, 0.1) is 25.8 Å². The predicted octanol–water partition coefficient (Wildman–Crippen LogP) is 0.261. The third-order valence-electron chi connectivity index (χ3n) is 2.35. The van der Waals surface area contributed by atoms with Crippen molar-refractivity contribution < 1.29 is 27.4 Å². The molecule has 21 heavy (non-hydrogen) atoms. The molecular formula is C11H18N2O6S2. The largest absolute Gasteiger partial charge is 0.464 e. The first-order valence-corrected chi connectivity index (χ1v) is 8.47. The molecule has 0 amide bonds. The summed E-state index contributed by atoms with van der Waals surface area (Å²) in [5.74, 6) is -0.778. The number of thiazole rings is 1. The molecule has 1 aromatic rings. The van der Waals surface area contributed by atoms with Crippen molar-refractivity contribution in [3.8, 4) is 0 Å². The van der Waals surface area contributed by atoms with Gasteiger partial charge in [-0.3, -0.25) is 0 Å². The molecule has 0 saturated carbocycles. The number of nitrogens with one attached hydrogen (secondary N) is 1. The SMILES string of the molecule is COCCOCCCNS(=O)(=O)c1scnc1C(=O)OC. The molecule has 8 nitrogen and oxygen atoms in total. The zero-order valence-corrected chi connectivity index (χ0v) is 13.5. The van der Waals surface area contributed by atoms with E-state index >= 15 is 0 Å². The highest BCUT2D eigenvalue weighted by molar-refractivity contribution is 7.91. The van der Waals surface area contributed by atoms with Gasteiger partial charge in [0.15, 0.2) is 9.90 Å². The summed E-state index contributed by atoms with van der Waals surface area (Å²) in [5, 5.41) is 0. The molecular weight excluding hydrogens is 320 g/mol. The fourth-order valence-electron chi connectivity index (χ4n) is 1.35. The number of hydrogen-bond acceptors (Lipinski definition) is 8. The van der Waals surface area contributed by atoms with E-state index in [-0.39, 0.29) is 16.4 Å². The fraction of sp³-hybridized carbons (Fsp3) is 0.636. The minimum absolute atomic E-state index is 0.144. The monoisotopic (exact) mass is 338 g/mol. The lowest BCUT2D eigenvalue weighted by Gasteiger charge is -2.06. The molecule has 0 aromatic carbocycles. The van der Waals surface area contributed by atoms with Gasteiger partial charge in [0.1, 0.15) is 0 Å². The topological polar surface area (TPSA) is 104 Å². The molecule has 0 saturated heterocycles. The highest BCUT2D eigenvalue weighted by Crippen LogP contribution is 2.20. The normalized spacial score (nSPS) is 11.5. The molecule has 0 aliphatic heterocycles. The Hall–Kier alpha value is -1.07. The van der Waals surface area contributed by atoms with Crippen molar-refractivity contribution in [2.45, 2.75) is 10.6 Å². The first-order chi connectivity index (χ1) is 10.0. The van der Waals surface area contributed by atoms with Crippen LogP contribution in [-0.4, -0.2) is 60.0 Å². The second-order valence-corrected chi connectivity index (χ2v) is 6.65. The maximum atomic E-state index is 12.1. The number of nitrogens with zero attached hydrogens (tertiary/aromatic N) is 1. The maximum absolute atomic E-state index is 12.1. The quantitative estimate of drug-likeness (QED) is 0.482. The smallest absolute Gasteiger partial charge is 0.358 e. The Balaban J connectivity index is 2.47. The van der Waals surface area contributed by atoms with E-state index in [1.54, 1.807) is 7.11 Å². The second kappa shape index (κ2) is 9.05. The van der Waals surface area contributed by atoms with Crippen molar-refractivity contribution in [2.75, 3.05) is 40.6 Å². The molecule has 0 atom stereocenters. The van der Waals surface area contributed by atoms with Crippen LogP contribution in [0.15, 0.2) is 9.72 Å². The van der Waals surface area contributed by atoms with Gasteiger partial charge in [-0.1, -0.05) is 0 Å². The molecule has 0 unspecified atom stereocenters. The van der Waals surface area contributed by atoms with Crippen LogP contribution >= 0.6 is 11.3 Å². The fourth-order valence-corrected chi connectivity index (χ4v) is 3.60. The van der Waals surface area contributed by atoms with Crippen molar-refractivity contribution in [1.29, 1.82) is 0 Å². The highest BCUT2D eigenvalue weighted by Gasteiger charge is 2.25. The molecule has 0 aliphatic carbocycles. The summed E-state index contributed by atoms with van der Waals surface area (Å²) in [6.07, 6.45) is 0.509. The number of aromatic nitrogens is 1. The van der Waals surface area contributed by atoms with Crippen molar-refractivity contribution in [3.63, 3.8) is 0 Å². The van der Waals surface area contributed by atoms with E-state index in [1.807, 2.05) is 0 Å². The number of carbonyl (C=O) groups excluding carboxylic acids is 1. The van der Waals surface area contributed by atoms with Gasteiger partial charge in [-0.05, 0) is 6.42 Å². The van der Waals surface area contributed by atoms with Gasteiger partial charge in [-0.2, -0.15) is 0 Å². The van der Waals surface area contributed by atoms with E-state index in [0.29, 0.717) is 26.2 Å². The highest BCUT2D eigenvalue weighted by atomic mass is 32.2. The predicted molar refractivity (Wildman–Crippen MR) is 76.0 cm³/mol. The van der Waals surface area contributed by atoms with Crippen molar-refractivity contribution in [3.05, 3.63) is 11.2 Å². The summed E-state index contributed by atoms with van der Waals surface area (Å²) in [5.41, 5.74) is 1.08. The maximum Gasteiger partial charge on any atom is 0.358 e. The third kappa shape index (κ3) is 5.67. The minimum atomic E-state index is -3.78. The summed E-state index contributed by atoms with van der Waals surface area (Å²) in [6, 6.07) is 0. The lowest BCUT2D eigenvalue weighted by atomic mass is 10.5. The van der Waals surface area contributed by atoms with E-state index in [0.717, 1.165) is 11.3 Å². The van der Waals surface area contributed by atoms with Gasteiger partial charge in [0.25, 0.3) is 10.0 Å². The molecule has 120 valence electrons. The van der Waals surface area contributed by atoms with E-state index < -0.39 is 16.0 Å². The number of rotatable bonds is 10. The van der Waals surface area contributed by atoms with Gasteiger partial charge in [0, 0.05) is 20.3 Å². The van der Waals surface area contributed by atoms with Gasteiger partial charge in [0.2, 0.25) is 0 Å². The summed E-state index contributed by atoms with van der Waals surface area (Å²) < 4.78 is 40.9. The Morgan fingerprint density at radius 3 is 2.76 bits per heavy atom. The number of methoxy groups -OCH3 is 2. The van der Waals surface area contributed by atoms with E-state index in [2.05, 4.69) is 14.4 Å². The molecule has 1 heterocycles. The number of esters is 1. The van der Waals surface area contributed by atoms with Crippen LogP contribution in [0.25, 0.3) is 0 Å². The van der Waals surface area contributed by atoms with E-state index in [4.69, 9.17) is 9.47 Å². The first-order valence-electron chi connectivity index (χ1n) is 6.11. The molecule has 1 aromatic heterocycles. The van der Waals surface area contributed by atoms with E-state index in [9.17, 15) is 13.2 Å². The van der Waals surface area contributed by atoms with Crippen LogP contribution in [0.2, 0.25) is 0 Å². The van der Waals surface area contributed by atoms with Crippen LogP contribution in [0.5, 0.6) is 0 Å². The number of carbonyl (C=O) groups is 1. The van der Waals surface area contributed by atoms with Gasteiger partial charge in [-0.15, -0.1) is 11.3 Å².